The number of hydrogen-bond donors (Lipinski definition) is 0. The summed E-state index contributed by atoms with van der Waals surface area (Å²) in [6.45, 7) is 1.28. The van der Waals surface area contributed by atoms with Crippen LogP contribution in [0.5, 0.6) is 0 Å². The van der Waals surface area contributed by atoms with Crippen molar-refractivity contribution in [2.45, 2.75) is 6.04 Å². The van der Waals surface area contributed by atoms with E-state index in [9.17, 15) is 8.42 Å². The average molecular weight is 515 g/mol. The van der Waals surface area contributed by atoms with E-state index in [2.05, 4.69) is 76.0 Å². The van der Waals surface area contributed by atoms with Gasteiger partial charge in [0, 0.05) is 22.9 Å². The molecule has 148 valence electrons. The first-order valence-corrected chi connectivity index (χ1v) is 12.4. The van der Waals surface area contributed by atoms with Crippen molar-refractivity contribution in [2.75, 3.05) is 19.3 Å². The predicted molar refractivity (Wildman–Crippen MR) is 127 cm³/mol. The lowest BCUT2D eigenvalue weighted by atomic mass is 9.92. The zero-order chi connectivity index (χ0) is 20.4. The summed E-state index contributed by atoms with van der Waals surface area (Å²) in [5.41, 5.74) is 4.19. The molecule has 0 N–H and O–H groups in total. The summed E-state index contributed by atoms with van der Waals surface area (Å²) >= 11 is 2.22. The fourth-order valence-corrected chi connectivity index (χ4v) is 5.72. The maximum absolute atomic E-state index is 12.6. The molecule has 0 amide bonds. The molecule has 0 saturated carbocycles. The van der Waals surface area contributed by atoms with Gasteiger partial charge in [0.05, 0.1) is 10.9 Å². The molecule has 0 unspecified atom stereocenters. The van der Waals surface area contributed by atoms with E-state index >= 15 is 0 Å². The van der Waals surface area contributed by atoms with Gasteiger partial charge in [-0.3, -0.25) is 4.90 Å². The molecule has 3 nitrogen and oxygen atoms in total. The molecule has 3 aromatic rings. The molecule has 29 heavy (non-hydrogen) atoms. The van der Waals surface area contributed by atoms with Crippen molar-refractivity contribution in [3.8, 4) is 0 Å². The lowest BCUT2D eigenvalue weighted by Gasteiger charge is -2.42. The molecule has 0 aliphatic carbocycles. The summed E-state index contributed by atoms with van der Waals surface area (Å²) < 4.78 is 26.3. The Balaban J connectivity index is 1.71. The molecule has 4 rings (SSSR count). The second kappa shape index (κ2) is 8.42. The maximum Gasteiger partial charge on any atom is 0.176 e. The van der Waals surface area contributed by atoms with E-state index < -0.39 is 9.84 Å². The van der Waals surface area contributed by atoms with Crippen molar-refractivity contribution in [2.24, 2.45) is 0 Å². The maximum atomic E-state index is 12.6. The molecular weight excluding hydrogens is 493 g/mol. The Hall–Kier alpha value is -1.96. The van der Waals surface area contributed by atoms with Crippen molar-refractivity contribution >= 4 is 37.3 Å². The predicted octanol–water partition coefficient (Wildman–Crippen LogP) is 5.15. The minimum atomic E-state index is -3.32. The van der Waals surface area contributed by atoms with Crippen LogP contribution in [-0.4, -0.2) is 32.7 Å². The van der Waals surface area contributed by atoms with Gasteiger partial charge in [-0.1, -0.05) is 72.8 Å². The standard InChI is InChI=1S/C24H22INO2S/c1-29(27,28)24(20-13-8-14-22(25)15-20)21-16-26(17-21)23(18-9-4-2-5-10-18)19-11-6-3-7-12-19/h2-15,23H,16-17H2,1H3. The van der Waals surface area contributed by atoms with Gasteiger partial charge in [0.2, 0.25) is 0 Å². The highest BCUT2D eigenvalue weighted by Gasteiger charge is 2.34. The van der Waals surface area contributed by atoms with Crippen molar-refractivity contribution in [1.29, 1.82) is 0 Å². The van der Waals surface area contributed by atoms with Gasteiger partial charge < -0.3 is 0 Å². The van der Waals surface area contributed by atoms with Crippen LogP contribution in [0, 0.1) is 3.57 Å². The molecule has 0 atom stereocenters. The van der Waals surface area contributed by atoms with Crippen LogP contribution >= 0.6 is 22.6 Å². The third kappa shape index (κ3) is 4.47. The first-order chi connectivity index (χ1) is 13.9. The number of nitrogens with zero attached hydrogens (tertiary/aromatic N) is 1. The van der Waals surface area contributed by atoms with Crippen molar-refractivity contribution in [1.82, 2.24) is 4.90 Å². The quantitative estimate of drug-likeness (QED) is 0.441. The number of hydrogen-bond acceptors (Lipinski definition) is 3. The summed E-state index contributed by atoms with van der Waals surface area (Å²) in [4.78, 5) is 2.81. The molecule has 1 aliphatic rings. The van der Waals surface area contributed by atoms with E-state index in [-0.39, 0.29) is 6.04 Å². The molecule has 0 spiro atoms. The number of rotatable bonds is 5. The van der Waals surface area contributed by atoms with Crippen LogP contribution in [0.4, 0.5) is 0 Å². The van der Waals surface area contributed by atoms with Gasteiger partial charge in [-0.05, 0) is 57.0 Å². The molecule has 1 saturated heterocycles. The van der Waals surface area contributed by atoms with Crippen LogP contribution in [0.15, 0.2) is 90.5 Å². The zero-order valence-electron chi connectivity index (χ0n) is 16.1. The molecule has 0 aromatic heterocycles. The second-order valence-corrected chi connectivity index (χ2v) is 10.5. The highest BCUT2D eigenvalue weighted by molar-refractivity contribution is 14.1. The molecule has 0 radical (unpaired) electrons. The average Bonchev–Trinajstić information content (AvgIpc) is 2.67. The minimum absolute atomic E-state index is 0.109. The molecule has 5 heteroatoms. The monoisotopic (exact) mass is 515 g/mol. The third-order valence-electron chi connectivity index (χ3n) is 5.16. The molecule has 1 aliphatic heterocycles. The molecular formula is C24H22INO2S. The van der Waals surface area contributed by atoms with E-state index in [1.165, 1.54) is 17.4 Å². The second-order valence-electron chi connectivity index (χ2n) is 7.34. The molecule has 1 heterocycles. The van der Waals surface area contributed by atoms with Crippen LogP contribution in [0.25, 0.3) is 4.91 Å². The highest BCUT2D eigenvalue weighted by atomic mass is 127. The Labute approximate surface area is 186 Å². The van der Waals surface area contributed by atoms with Crippen LogP contribution in [0.1, 0.15) is 22.7 Å². The van der Waals surface area contributed by atoms with E-state index in [1.54, 1.807) is 0 Å². The lowest BCUT2D eigenvalue weighted by Crippen LogP contribution is -2.44. The van der Waals surface area contributed by atoms with Gasteiger partial charge in [0.1, 0.15) is 0 Å². The Morgan fingerprint density at radius 3 is 1.90 bits per heavy atom. The van der Waals surface area contributed by atoms with Gasteiger partial charge in [-0.2, -0.15) is 0 Å². The van der Waals surface area contributed by atoms with Crippen molar-refractivity contribution in [3.63, 3.8) is 0 Å². The molecule has 0 bridgehead atoms. The van der Waals surface area contributed by atoms with Gasteiger partial charge in [0.25, 0.3) is 0 Å². The highest BCUT2D eigenvalue weighted by Crippen LogP contribution is 2.38. The van der Waals surface area contributed by atoms with Crippen LogP contribution in [0.2, 0.25) is 0 Å². The number of sulfone groups is 1. The smallest absolute Gasteiger partial charge is 0.176 e. The first-order valence-electron chi connectivity index (χ1n) is 9.45. The van der Waals surface area contributed by atoms with Crippen LogP contribution < -0.4 is 0 Å². The fraction of sp³-hybridized carbons (Fsp3) is 0.167. The number of benzene rings is 3. The summed E-state index contributed by atoms with van der Waals surface area (Å²) in [6, 6.07) is 28.6. The third-order valence-corrected chi connectivity index (χ3v) is 7.10. The number of likely N-dealkylation sites (tertiary alicyclic amines) is 1. The topological polar surface area (TPSA) is 37.4 Å². The summed E-state index contributed by atoms with van der Waals surface area (Å²) in [5, 5.41) is 0. The van der Waals surface area contributed by atoms with Gasteiger partial charge >= 0.3 is 0 Å². The first kappa shape index (κ1) is 20.3. The Kier molecular flexibility index (Phi) is 5.90. The largest absolute Gasteiger partial charge is 0.284 e. The van der Waals surface area contributed by atoms with E-state index in [0.29, 0.717) is 18.0 Å². The Morgan fingerprint density at radius 1 is 0.862 bits per heavy atom. The Morgan fingerprint density at radius 2 is 1.41 bits per heavy atom. The minimum Gasteiger partial charge on any atom is -0.284 e. The van der Waals surface area contributed by atoms with Crippen LogP contribution in [-0.2, 0) is 9.84 Å². The summed E-state index contributed by atoms with van der Waals surface area (Å²) in [6.07, 6.45) is 1.31. The molecule has 3 aromatic carbocycles. The lowest BCUT2D eigenvalue weighted by molar-refractivity contribution is 0.203. The Bertz CT molecular complexity index is 1090. The van der Waals surface area contributed by atoms with E-state index in [0.717, 1.165) is 14.7 Å². The SMILES string of the molecule is CS(=O)(=O)C(=C1CN(C(c2ccccc2)c2ccccc2)C1)c1cccc(I)c1. The zero-order valence-corrected chi connectivity index (χ0v) is 19.1. The van der Waals surface area contributed by atoms with Gasteiger partial charge in [-0.25, -0.2) is 8.42 Å². The summed E-state index contributed by atoms with van der Waals surface area (Å²) in [7, 11) is -3.32. The summed E-state index contributed by atoms with van der Waals surface area (Å²) in [5.74, 6) is 0. The fourth-order valence-electron chi connectivity index (χ4n) is 3.97. The van der Waals surface area contributed by atoms with E-state index in [1.807, 2.05) is 36.4 Å². The van der Waals surface area contributed by atoms with Crippen molar-refractivity contribution in [3.05, 3.63) is 111 Å². The normalized spacial score (nSPS) is 14.7. The van der Waals surface area contributed by atoms with Crippen molar-refractivity contribution < 1.29 is 8.42 Å². The van der Waals surface area contributed by atoms with E-state index in [4.69, 9.17) is 0 Å². The van der Waals surface area contributed by atoms with Crippen LogP contribution in [0.3, 0.4) is 0 Å². The van der Waals surface area contributed by atoms with Gasteiger partial charge in [-0.15, -0.1) is 0 Å². The van der Waals surface area contributed by atoms with Gasteiger partial charge in [0.15, 0.2) is 9.84 Å². The number of halogens is 1. The molecule has 1 fully saturated rings.